The maximum atomic E-state index is 12.5. The molecule has 0 saturated heterocycles. The van der Waals surface area contributed by atoms with Gasteiger partial charge in [-0.1, -0.05) is 41.4 Å². The van der Waals surface area contributed by atoms with Gasteiger partial charge in [-0.25, -0.2) is 13.2 Å². The Morgan fingerprint density at radius 1 is 1.08 bits per heavy atom. The second-order valence-electron chi connectivity index (χ2n) is 4.93. The van der Waals surface area contributed by atoms with Crippen LogP contribution in [0.4, 0.5) is 5.69 Å². The fourth-order valence-electron chi connectivity index (χ4n) is 2.19. The van der Waals surface area contributed by atoms with E-state index in [1.54, 1.807) is 24.3 Å². The van der Waals surface area contributed by atoms with E-state index < -0.39 is 16.0 Å². The molecule has 1 N–H and O–H groups in total. The molecule has 0 aliphatic heterocycles. The van der Waals surface area contributed by atoms with E-state index in [2.05, 4.69) is 0 Å². The molecule has 0 heterocycles. The molecule has 0 unspecified atom stereocenters. The van der Waals surface area contributed by atoms with Crippen molar-refractivity contribution in [1.29, 1.82) is 0 Å². The Bertz CT molecular complexity index is 848. The summed E-state index contributed by atoms with van der Waals surface area (Å²) in [6, 6.07) is 10.8. The monoisotopic (exact) mass is 387 g/mol. The van der Waals surface area contributed by atoms with Gasteiger partial charge in [0.15, 0.2) is 0 Å². The van der Waals surface area contributed by atoms with Crippen molar-refractivity contribution in [3.8, 4) is 0 Å². The Morgan fingerprint density at radius 2 is 1.67 bits per heavy atom. The van der Waals surface area contributed by atoms with Crippen LogP contribution in [0.15, 0.2) is 42.5 Å². The van der Waals surface area contributed by atoms with Crippen molar-refractivity contribution in [2.45, 2.75) is 13.5 Å². The van der Waals surface area contributed by atoms with E-state index in [-0.39, 0.29) is 23.5 Å². The van der Waals surface area contributed by atoms with Gasteiger partial charge in [0.05, 0.1) is 23.5 Å². The van der Waals surface area contributed by atoms with Crippen molar-refractivity contribution < 1.29 is 18.3 Å². The maximum absolute atomic E-state index is 12.5. The lowest BCUT2D eigenvalue weighted by Crippen LogP contribution is -2.33. The molecule has 2 aromatic rings. The summed E-state index contributed by atoms with van der Waals surface area (Å²) in [7, 11) is -3.75. The zero-order chi connectivity index (χ0) is 17.9. The van der Waals surface area contributed by atoms with Crippen LogP contribution >= 0.6 is 23.2 Å². The van der Waals surface area contributed by atoms with Gasteiger partial charge in [-0.15, -0.1) is 0 Å². The smallest absolute Gasteiger partial charge is 0.337 e. The van der Waals surface area contributed by atoms with Gasteiger partial charge in [0, 0.05) is 15.6 Å². The molecular formula is C16H15Cl2NO4S. The van der Waals surface area contributed by atoms with Crippen LogP contribution in [0.5, 0.6) is 0 Å². The number of sulfonamides is 1. The number of anilines is 1. The molecule has 5 nitrogen and oxygen atoms in total. The Morgan fingerprint density at radius 3 is 2.21 bits per heavy atom. The van der Waals surface area contributed by atoms with Gasteiger partial charge < -0.3 is 5.11 Å². The van der Waals surface area contributed by atoms with E-state index >= 15 is 0 Å². The van der Waals surface area contributed by atoms with Gasteiger partial charge in [-0.3, -0.25) is 4.31 Å². The molecule has 0 saturated carbocycles. The SMILES string of the molecule is CCS(=O)(=O)N(Cc1c(Cl)cccc1Cl)c1ccccc1C(=O)O. The minimum Gasteiger partial charge on any atom is -0.478 e. The topological polar surface area (TPSA) is 74.7 Å². The summed E-state index contributed by atoms with van der Waals surface area (Å²) in [6.07, 6.45) is 0. The van der Waals surface area contributed by atoms with E-state index in [0.717, 1.165) is 4.31 Å². The van der Waals surface area contributed by atoms with Crippen LogP contribution in [0.25, 0.3) is 0 Å². The summed E-state index contributed by atoms with van der Waals surface area (Å²) in [5, 5.41) is 9.98. The van der Waals surface area contributed by atoms with Crippen molar-refractivity contribution >= 4 is 44.9 Å². The van der Waals surface area contributed by atoms with Crippen LogP contribution in [-0.4, -0.2) is 25.2 Å². The molecule has 2 aromatic carbocycles. The molecule has 0 bridgehead atoms. The predicted octanol–water partition coefficient (Wildman–Crippen LogP) is 4.05. The van der Waals surface area contributed by atoms with E-state index in [0.29, 0.717) is 15.6 Å². The Hall–Kier alpha value is -1.76. The van der Waals surface area contributed by atoms with Gasteiger partial charge in [-0.2, -0.15) is 0 Å². The number of hydrogen-bond donors (Lipinski definition) is 1. The lowest BCUT2D eigenvalue weighted by molar-refractivity contribution is 0.0697. The Kier molecular flexibility index (Phi) is 5.74. The molecule has 2 rings (SSSR count). The second-order valence-corrected chi connectivity index (χ2v) is 7.93. The van der Waals surface area contributed by atoms with E-state index in [9.17, 15) is 18.3 Å². The maximum Gasteiger partial charge on any atom is 0.337 e. The minimum atomic E-state index is -3.75. The zero-order valence-electron chi connectivity index (χ0n) is 12.7. The Labute approximate surface area is 150 Å². The molecule has 0 spiro atoms. The first-order valence-corrected chi connectivity index (χ1v) is 9.40. The molecule has 0 fully saturated rings. The van der Waals surface area contributed by atoms with Crippen LogP contribution in [-0.2, 0) is 16.6 Å². The summed E-state index contributed by atoms with van der Waals surface area (Å²) >= 11 is 12.3. The lowest BCUT2D eigenvalue weighted by Gasteiger charge is -2.26. The van der Waals surface area contributed by atoms with Crippen molar-refractivity contribution in [3.63, 3.8) is 0 Å². The van der Waals surface area contributed by atoms with Crippen LogP contribution in [0, 0.1) is 0 Å². The largest absolute Gasteiger partial charge is 0.478 e. The standard InChI is InChI=1S/C16H15Cl2NO4S/c1-2-24(22,23)19(10-12-13(17)7-5-8-14(12)18)15-9-4-3-6-11(15)16(20)21/h3-9H,2,10H2,1H3,(H,20,21). The normalized spacial score (nSPS) is 11.3. The summed E-state index contributed by atoms with van der Waals surface area (Å²) in [4.78, 5) is 11.5. The molecular weight excluding hydrogens is 373 g/mol. The summed E-state index contributed by atoms with van der Waals surface area (Å²) in [6.45, 7) is 1.33. The second kappa shape index (κ2) is 7.42. The van der Waals surface area contributed by atoms with E-state index in [1.807, 2.05) is 0 Å². The third kappa shape index (κ3) is 3.83. The number of aromatic carboxylic acids is 1. The number of halogens is 2. The molecule has 0 amide bonds. The first-order valence-electron chi connectivity index (χ1n) is 7.03. The molecule has 0 aromatic heterocycles. The molecule has 0 radical (unpaired) electrons. The van der Waals surface area contributed by atoms with E-state index in [1.165, 1.54) is 25.1 Å². The number of carboxylic acid groups (broad SMARTS) is 1. The first kappa shape index (κ1) is 18.6. The van der Waals surface area contributed by atoms with Gasteiger partial charge in [-0.05, 0) is 31.2 Å². The summed E-state index contributed by atoms with van der Waals surface area (Å²) in [5.41, 5.74) is 0.374. The summed E-state index contributed by atoms with van der Waals surface area (Å²) in [5.74, 6) is -1.41. The average molecular weight is 388 g/mol. The first-order chi connectivity index (χ1) is 11.3. The molecule has 24 heavy (non-hydrogen) atoms. The molecule has 128 valence electrons. The number of rotatable bonds is 6. The number of benzene rings is 2. The zero-order valence-corrected chi connectivity index (χ0v) is 15.1. The van der Waals surface area contributed by atoms with E-state index in [4.69, 9.17) is 23.2 Å². The van der Waals surface area contributed by atoms with Crippen molar-refractivity contribution in [2.75, 3.05) is 10.1 Å². The summed E-state index contributed by atoms with van der Waals surface area (Å²) < 4.78 is 26.1. The quantitative estimate of drug-likeness (QED) is 0.810. The number of hydrogen-bond acceptors (Lipinski definition) is 3. The molecule has 0 aliphatic carbocycles. The van der Waals surface area contributed by atoms with Gasteiger partial charge in [0.2, 0.25) is 10.0 Å². The van der Waals surface area contributed by atoms with Crippen molar-refractivity contribution in [3.05, 3.63) is 63.6 Å². The molecule has 8 heteroatoms. The lowest BCUT2D eigenvalue weighted by atomic mass is 10.1. The van der Waals surface area contributed by atoms with Gasteiger partial charge in [0.1, 0.15) is 0 Å². The third-order valence-corrected chi connectivity index (χ3v) is 5.90. The highest BCUT2D eigenvalue weighted by Gasteiger charge is 2.26. The molecule has 0 atom stereocenters. The van der Waals surface area contributed by atoms with Crippen molar-refractivity contribution in [1.82, 2.24) is 0 Å². The third-order valence-electron chi connectivity index (χ3n) is 3.47. The van der Waals surface area contributed by atoms with Crippen LogP contribution in [0.2, 0.25) is 10.0 Å². The highest BCUT2D eigenvalue weighted by atomic mass is 35.5. The number of carbonyl (C=O) groups is 1. The van der Waals surface area contributed by atoms with Crippen molar-refractivity contribution in [2.24, 2.45) is 0 Å². The number of para-hydroxylation sites is 1. The highest BCUT2D eigenvalue weighted by Crippen LogP contribution is 2.31. The predicted molar refractivity (Wildman–Crippen MR) is 95.5 cm³/mol. The Balaban J connectivity index is 2.62. The van der Waals surface area contributed by atoms with Gasteiger partial charge >= 0.3 is 5.97 Å². The molecule has 0 aliphatic rings. The average Bonchev–Trinajstić information content (AvgIpc) is 2.54. The fraction of sp³-hybridized carbons (Fsp3) is 0.188. The van der Waals surface area contributed by atoms with Crippen LogP contribution < -0.4 is 4.31 Å². The number of carboxylic acids is 1. The minimum absolute atomic E-state index is 0.0721. The van der Waals surface area contributed by atoms with Crippen LogP contribution in [0.3, 0.4) is 0 Å². The fourth-order valence-corrected chi connectivity index (χ4v) is 3.80. The number of nitrogens with zero attached hydrogens (tertiary/aromatic N) is 1. The highest BCUT2D eigenvalue weighted by molar-refractivity contribution is 7.92. The van der Waals surface area contributed by atoms with Crippen LogP contribution in [0.1, 0.15) is 22.8 Å². The van der Waals surface area contributed by atoms with Gasteiger partial charge in [0.25, 0.3) is 0 Å².